The summed E-state index contributed by atoms with van der Waals surface area (Å²) < 4.78 is 37.4. The smallest absolute Gasteiger partial charge is 0.336 e. The predicted octanol–water partition coefficient (Wildman–Crippen LogP) is 2.73. The lowest BCUT2D eigenvalue weighted by molar-refractivity contribution is 0.364. The van der Waals surface area contributed by atoms with Crippen molar-refractivity contribution in [2.75, 3.05) is 25.1 Å². The van der Waals surface area contributed by atoms with Crippen LogP contribution in [0.4, 0.5) is 14.6 Å². The minimum absolute atomic E-state index is 0.0172. The van der Waals surface area contributed by atoms with Crippen molar-refractivity contribution in [2.24, 2.45) is 7.05 Å². The van der Waals surface area contributed by atoms with Crippen molar-refractivity contribution in [3.63, 3.8) is 0 Å². The highest BCUT2D eigenvalue weighted by atomic mass is 35.5. The van der Waals surface area contributed by atoms with Crippen LogP contribution in [0.5, 0.6) is 5.88 Å². The zero-order valence-electron chi connectivity index (χ0n) is 19.1. The van der Waals surface area contributed by atoms with Gasteiger partial charge in [-0.1, -0.05) is 23.2 Å². The van der Waals surface area contributed by atoms with E-state index in [1.807, 2.05) is 0 Å². The molecule has 1 aliphatic heterocycles. The number of hydrogen-bond acceptors (Lipinski definition) is 7. The van der Waals surface area contributed by atoms with Crippen molar-refractivity contribution >= 4 is 39.9 Å². The Hall–Kier alpha value is -3.51. The summed E-state index contributed by atoms with van der Waals surface area (Å²) in [5.74, 6) is -0.425. The van der Waals surface area contributed by atoms with Gasteiger partial charge in [-0.3, -0.25) is 18.6 Å². The van der Waals surface area contributed by atoms with Gasteiger partial charge in [0, 0.05) is 19.7 Å². The van der Waals surface area contributed by atoms with Gasteiger partial charge in [0.15, 0.2) is 5.82 Å². The average molecular weight is 538 g/mol. The molecular weight excluding hydrogens is 519 g/mol. The van der Waals surface area contributed by atoms with Crippen LogP contribution in [0.2, 0.25) is 10.0 Å². The third-order valence-electron chi connectivity index (χ3n) is 5.90. The lowest BCUT2D eigenvalue weighted by Crippen LogP contribution is -2.40. The highest BCUT2D eigenvalue weighted by Gasteiger charge is 2.27. The van der Waals surface area contributed by atoms with E-state index in [1.165, 1.54) is 30.3 Å². The summed E-state index contributed by atoms with van der Waals surface area (Å²) in [4.78, 5) is 37.5. The second kappa shape index (κ2) is 9.17. The first-order chi connectivity index (χ1) is 17.2. The molecule has 0 bridgehead atoms. The van der Waals surface area contributed by atoms with Crippen molar-refractivity contribution in [1.29, 1.82) is 0 Å². The van der Waals surface area contributed by atoms with Crippen LogP contribution in [0.1, 0.15) is 12.2 Å². The molecule has 0 saturated carbocycles. The Bertz CT molecular complexity index is 1590. The summed E-state index contributed by atoms with van der Waals surface area (Å²) in [6.45, 7) is 0.214. The number of pyridine rings is 1. The molecule has 0 unspecified atom stereocenters. The Labute approximate surface area is 212 Å². The molecule has 5 rings (SSSR count). The Morgan fingerprint density at radius 2 is 2.00 bits per heavy atom. The number of rotatable bonds is 5. The summed E-state index contributed by atoms with van der Waals surface area (Å²) in [5, 5.41) is 3.66. The number of aromatic nitrogens is 6. The van der Waals surface area contributed by atoms with E-state index in [1.54, 1.807) is 11.9 Å². The van der Waals surface area contributed by atoms with Crippen molar-refractivity contribution < 1.29 is 13.5 Å². The first kappa shape index (κ1) is 24.2. The number of nitrogens with zero attached hydrogens (tertiary/aromatic N) is 7. The second-order valence-corrected chi connectivity index (χ2v) is 9.07. The number of alkyl halides is 1. The molecule has 0 amide bonds. The lowest BCUT2D eigenvalue weighted by atomic mass is 10.2. The van der Waals surface area contributed by atoms with E-state index in [-0.39, 0.29) is 51.4 Å². The molecule has 3 aromatic heterocycles. The molecule has 1 aromatic carbocycles. The molecule has 0 N–H and O–H groups in total. The average Bonchev–Trinajstić information content (AvgIpc) is 3.47. The van der Waals surface area contributed by atoms with E-state index in [0.29, 0.717) is 18.8 Å². The standard InChI is InChI=1S/C22H19Cl2F2N7O3/c1-30-10-27-16(29-30)9-32-21(34)18-15(7-17(28-20(18)36-2)31-4-3-11(25)8-31)33(22(32)35)12-5-13(23)19(24)14(26)6-12/h5-7,10-11H,3-4,8-9H2,1-2H3/t11-/m1/s1. The van der Waals surface area contributed by atoms with Gasteiger partial charge in [0.1, 0.15) is 29.5 Å². The molecule has 10 nitrogen and oxygen atoms in total. The Morgan fingerprint density at radius 1 is 1.22 bits per heavy atom. The molecule has 0 radical (unpaired) electrons. The molecule has 1 saturated heterocycles. The summed E-state index contributed by atoms with van der Waals surface area (Å²) in [6, 6.07) is 3.81. The number of benzene rings is 1. The number of aryl methyl sites for hydroxylation is 1. The van der Waals surface area contributed by atoms with Crippen molar-refractivity contribution in [1.82, 2.24) is 28.9 Å². The molecule has 1 atom stereocenters. The fraction of sp³-hybridized carbons (Fsp3) is 0.318. The molecule has 0 aliphatic carbocycles. The monoisotopic (exact) mass is 537 g/mol. The molecule has 188 valence electrons. The fourth-order valence-corrected chi connectivity index (χ4v) is 4.52. The van der Waals surface area contributed by atoms with Crippen LogP contribution >= 0.6 is 23.2 Å². The van der Waals surface area contributed by atoms with E-state index >= 15 is 0 Å². The van der Waals surface area contributed by atoms with Gasteiger partial charge in [0.2, 0.25) is 5.88 Å². The largest absolute Gasteiger partial charge is 0.480 e. The zero-order valence-corrected chi connectivity index (χ0v) is 20.6. The van der Waals surface area contributed by atoms with Crippen LogP contribution in [-0.4, -0.2) is 55.3 Å². The summed E-state index contributed by atoms with van der Waals surface area (Å²) in [5.41, 5.74) is -1.41. The summed E-state index contributed by atoms with van der Waals surface area (Å²) in [7, 11) is 2.97. The van der Waals surface area contributed by atoms with Crippen LogP contribution in [0.25, 0.3) is 16.6 Å². The second-order valence-electron chi connectivity index (χ2n) is 8.28. The van der Waals surface area contributed by atoms with E-state index in [9.17, 15) is 18.4 Å². The molecule has 0 spiro atoms. The summed E-state index contributed by atoms with van der Waals surface area (Å²) >= 11 is 12.0. The van der Waals surface area contributed by atoms with Crippen molar-refractivity contribution in [2.45, 2.75) is 19.1 Å². The minimum atomic E-state index is -1.04. The van der Waals surface area contributed by atoms with Gasteiger partial charge in [-0.05, 0) is 18.6 Å². The fourth-order valence-electron chi connectivity index (χ4n) is 4.21. The normalized spacial score (nSPS) is 15.7. The van der Waals surface area contributed by atoms with Gasteiger partial charge >= 0.3 is 5.69 Å². The van der Waals surface area contributed by atoms with Crippen LogP contribution < -0.4 is 20.9 Å². The van der Waals surface area contributed by atoms with Gasteiger partial charge in [0.25, 0.3) is 5.56 Å². The lowest BCUT2D eigenvalue weighted by Gasteiger charge is -2.20. The van der Waals surface area contributed by atoms with E-state index < -0.39 is 23.2 Å². The zero-order chi connectivity index (χ0) is 25.7. The first-order valence-electron chi connectivity index (χ1n) is 10.8. The number of fused-ring (bicyclic) bond motifs is 1. The quantitative estimate of drug-likeness (QED) is 0.361. The van der Waals surface area contributed by atoms with E-state index in [4.69, 9.17) is 27.9 Å². The van der Waals surface area contributed by atoms with Crippen LogP contribution in [0.3, 0.4) is 0 Å². The maximum Gasteiger partial charge on any atom is 0.336 e. The number of anilines is 1. The molecular formula is C22H19Cl2F2N7O3. The van der Waals surface area contributed by atoms with Gasteiger partial charge in [0.05, 0.1) is 41.4 Å². The van der Waals surface area contributed by atoms with Crippen LogP contribution in [0.15, 0.2) is 34.1 Å². The number of methoxy groups -OCH3 is 1. The third kappa shape index (κ3) is 4.09. The van der Waals surface area contributed by atoms with Gasteiger partial charge in [-0.15, -0.1) is 0 Å². The SMILES string of the molecule is COc1nc(N2CC[C@@H](F)C2)cc2c1c(=O)n(Cc1ncn(C)n1)c(=O)n2-c1cc(F)c(Cl)c(Cl)c1. The molecule has 4 aromatic rings. The predicted molar refractivity (Wildman–Crippen MR) is 130 cm³/mol. The van der Waals surface area contributed by atoms with Crippen molar-refractivity contribution in [3.05, 3.63) is 67.1 Å². The Kier molecular flexibility index (Phi) is 6.17. The van der Waals surface area contributed by atoms with Crippen molar-refractivity contribution in [3.8, 4) is 11.6 Å². The molecule has 36 heavy (non-hydrogen) atoms. The molecule has 14 heteroatoms. The van der Waals surface area contributed by atoms with Gasteiger partial charge in [-0.25, -0.2) is 18.6 Å². The molecule has 1 aliphatic rings. The molecule has 4 heterocycles. The maximum atomic E-state index is 14.6. The third-order valence-corrected chi connectivity index (χ3v) is 6.67. The first-order valence-corrected chi connectivity index (χ1v) is 11.6. The maximum absolute atomic E-state index is 14.6. The number of halogens is 4. The highest BCUT2D eigenvalue weighted by Crippen LogP contribution is 2.32. The topological polar surface area (TPSA) is 100 Å². The number of ether oxygens (including phenoxy) is 1. The minimum Gasteiger partial charge on any atom is -0.480 e. The van der Waals surface area contributed by atoms with Crippen LogP contribution in [-0.2, 0) is 13.6 Å². The molecule has 1 fully saturated rings. The van der Waals surface area contributed by atoms with Gasteiger partial charge in [-0.2, -0.15) is 10.1 Å². The van der Waals surface area contributed by atoms with Crippen LogP contribution in [0, 0.1) is 5.82 Å². The number of hydrogen-bond donors (Lipinski definition) is 0. The van der Waals surface area contributed by atoms with E-state index in [0.717, 1.165) is 15.2 Å². The Balaban J connectivity index is 1.86. The van der Waals surface area contributed by atoms with E-state index in [2.05, 4.69) is 15.1 Å². The van der Waals surface area contributed by atoms with Gasteiger partial charge < -0.3 is 9.64 Å². The Morgan fingerprint density at radius 3 is 2.61 bits per heavy atom. The summed E-state index contributed by atoms with van der Waals surface area (Å²) in [6.07, 6.45) is 0.696. The highest BCUT2D eigenvalue weighted by molar-refractivity contribution is 6.42.